The van der Waals surface area contributed by atoms with Crippen molar-refractivity contribution in [2.75, 3.05) is 31.6 Å². The van der Waals surface area contributed by atoms with Crippen molar-refractivity contribution in [2.45, 2.75) is 6.18 Å². The number of carbonyl (C=O) groups is 1. The highest BCUT2D eigenvalue weighted by molar-refractivity contribution is 6.31. The van der Waals surface area contributed by atoms with Gasteiger partial charge in [-0.05, 0) is 18.2 Å². The summed E-state index contributed by atoms with van der Waals surface area (Å²) in [5.74, 6) is -0.0853. The molecule has 0 radical (unpaired) electrons. The number of amides is 1. The molecule has 1 aliphatic rings. The topological polar surface area (TPSA) is 67.4 Å². The van der Waals surface area contributed by atoms with Gasteiger partial charge in [0.15, 0.2) is 0 Å². The third-order valence-corrected chi connectivity index (χ3v) is 4.06. The molecule has 1 N–H and O–H groups in total. The van der Waals surface area contributed by atoms with Crippen LogP contribution in [0.3, 0.4) is 0 Å². The lowest BCUT2D eigenvalue weighted by Crippen LogP contribution is -2.41. The zero-order valence-corrected chi connectivity index (χ0v) is 14.1. The second-order valence-electron chi connectivity index (χ2n) is 5.51. The standard InChI is InChI=1S/C16H14ClF3N4O2/c17-12-2-1-10(7-11(12)16(18,19)20)23-14-8-13(21-9-22-14)15(25)24-3-5-26-6-4-24/h1-2,7-9H,3-6H2,(H,21,22,23). The lowest BCUT2D eigenvalue weighted by molar-refractivity contribution is -0.137. The van der Waals surface area contributed by atoms with Gasteiger partial charge in [0.2, 0.25) is 0 Å². The number of carbonyl (C=O) groups excluding carboxylic acids is 1. The van der Waals surface area contributed by atoms with E-state index >= 15 is 0 Å². The number of nitrogens with one attached hydrogen (secondary N) is 1. The van der Waals surface area contributed by atoms with Crippen molar-refractivity contribution in [1.82, 2.24) is 14.9 Å². The number of benzene rings is 1. The summed E-state index contributed by atoms with van der Waals surface area (Å²) >= 11 is 5.60. The molecule has 0 atom stereocenters. The van der Waals surface area contributed by atoms with Gasteiger partial charge in [-0.25, -0.2) is 9.97 Å². The molecule has 0 bridgehead atoms. The molecule has 2 heterocycles. The number of halogens is 4. The molecule has 3 rings (SSSR count). The first-order valence-corrected chi connectivity index (χ1v) is 8.05. The molecule has 0 aliphatic carbocycles. The molecular formula is C16H14ClF3N4O2. The Hall–Kier alpha value is -2.39. The van der Waals surface area contributed by atoms with Gasteiger partial charge in [-0.3, -0.25) is 4.79 Å². The zero-order valence-electron chi connectivity index (χ0n) is 13.4. The number of morpholine rings is 1. The molecule has 1 fully saturated rings. The molecule has 1 aliphatic heterocycles. The van der Waals surface area contributed by atoms with Crippen molar-refractivity contribution in [2.24, 2.45) is 0 Å². The molecule has 0 spiro atoms. The lowest BCUT2D eigenvalue weighted by Gasteiger charge is -2.26. The molecular weight excluding hydrogens is 373 g/mol. The van der Waals surface area contributed by atoms with Crippen molar-refractivity contribution >= 4 is 29.0 Å². The minimum atomic E-state index is -4.57. The van der Waals surface area contributed by atoms with E-state index in [1.54, 1.807) is 4.90 Å². The van der Waals surface area contributed by atoms with E-state index in [4.69, 9.17) is 16.3 Å². The maximum Gasteiger partial charge on any atom is 0.417 e. The van der Waals surface area contributed by atoms with Gasteiger partial charge in [-0.1, -0.05) is 11.6 Å². The maximum absolute atomic E-state index is 12.9. The summed E-state index contributed by atoms with van der Waals surface area (Å²) in [7, 11) is 0. The summed E-state index contributed by atoms with van der Waals surface area (Å²) in [4.78, 5) is 21.9. The summed E-state index contributed by atoms with van der Waals surface area (Å²) in [6, 6.07) is 4.81. The van der Waals surface area contributed by atoms with Crippen LogP contribution in [0.1, 0.15) is 16.1 Å². The van der Waals surface area contributed by atoms with Crippen molar-refractivity contribution in [3.8, 4) is 0 Å². The molecule has 1 saturated heterocycles. The lowest BCUT2D eigenvalue weighted by atomic mass is 10.2. The second-order valence-corrected chi connectivity index (χ2v) is 5.92. The van der Waals surface area contributed by atoms with Crippen molar-refractivity contribution < 1.29 is 22.7 Å². The molecule has 10 heteroatoms. The van der Waals surface area contributed by atoms with Crippen LogP contribution in [-0.4, -0.2) is 47.1 Å². The van der Waals surface area contributed by atoms with Crippen molar-refractivity contribution in [3.63, 3.8) is 0 Å². The van der Waals surface area contributed by atoms with E-state index in [9.17, 15) is 18.0 Å². The molecule has 1 amide bonds. The van der Waals surface area contributed by atoms with Crippen LogP contribution in [0.5, 0.6) is 0 Å². The van der Waals surface area contributed by atoms with Crippen LogP contribution in [0.4, 0.5) is 24.7 Å². The van der Waals surface area contributed by atoms with Gasteiger partial charge >= 0.3 is 6.18 Å². The molecule has 2 aromatic rings. The average Bonchev–Trinajstić information content (AvgIpc) is 2.63. The predicted molar refractivity (Wildman–Crippen MR) is 88.5 cm³/mol. The number of aromatic nitrogens is 2. The summed E-state index contributed by atoms with van der Waals surface area (Å²) in [5.41, 5.74) is -0.664. The van der Waals surface area contributed by atoms with Crippen LogP contribution in [0.25, 0.3) is 0 Å². The highest BCUT2D eigenvalue weighted by Gasteiger charge is 2.33. The summed E-state index contributed by atoms with van der Waals surface area (Å²) in [5, 5.41) is 2.34. The molecule has 1 aromatic carbocycles. The van der Waals surface area contributed by atoms with Gasteiger partial charge in [-0.15, -0.1) is 0 Å². The van der Waals surface area contributed by atoms with Crippen molar-refractivity contribution in [3.05, 3.63) is 46.9 Å². The Morgan fingerprint density at radius 2 is 1.92 bits per heavy atom. The average molecular weight is 387 g/mol. The van der Waals surface area contributed by atoms with E-state index in [0.717, 1.165) is 12.1 Å². The van der Waals surface area contributed by atoms with Crippen molar-refractivity contribution in [1.29, 1.82) is 0 Å². The van der Waals surface area contributed by atoms with E-state index in [-0.39, 0.29) is 23.1 Å². The van der Waals surface area contributed by atoms with Crippen LogP contribution in [0, 0.1) is 0 Å². The zero-order chi connectivity index (χ0) is 18.7. The van der Waals surface area contributed by atoms with Crippen LogP contribution in [0.15, 0.2) is 30.6 Å². The summed E-state index contributed by atoms with van der Waals surface area (Å²) in [6.07, 6.45) is -3.39. The summed E-state index contributed by atoms with van der Waals surface area (Å²) < 4.78 is 44.0. The molecule has 26 heavy (non-hydrogen) atoms. The van der Waals surface area contributed by atoms with E-state index < -0.39 is 16.8 Å². The molecule has 0 saturated carbocycles. The first-order valence-electron chi connectivity index (χ1n) is 7.67. The van der Waals surface area contributed by atoms with Crippen LogP contribution >= 0.6 is 11.6 Å². The van der Waals surface area contributed by atoms with Gasteiger partial charge in [0.1, 0.15) is 17.8 Å². The molecule has 138 valence electrons. The second kappa shape index (κ2) is 7.46. The molecule has 0 unspecified atom stereocenters. The highest BCUT2D eigenvalue weighted by atomic mass is 35.5. The Morgan fingerprint density at radius 1 is 1.19 bits per heavy atom. The van der Waals surface area contributed by atoms with E-state index in [0.29, 0.717) is 26.3 Å². The van der Waals surface area contributed by atoms with Gasteiger partial charge < -0.3 is 15.0 Å². The predicted octanol–water partition coefficient (Wildman–Crippen LogP) is 3.36. The maximum atomic E-state index is 12.9. The Balaban J connectivity index is 1.80. The first-order chi connectivity index (χ1) is 12.3. The number of nitrogens with zero attached hydrogens (tertiary/aromatic N) is 3. The quantitative estimate of drug-likeness (QED) is 0.876. The first kappa shape index (κ1) is 18.4. The summed E-state index contributed by atoms with van der Waals surface area (Å²) in [6.45, 7) is 1.81. The number of hydrogen-bond acceptors (Lipinski definition) is 5. The largest absolute Gasteiger partial charge is 0.417 e. The van der Waals surface area contributed by atoms with Gasteiger partial charge in [0, 0.05) is 24.8 Å². The molecule has 1 aromatic heterocycles. The van der Waals surface area contributed by atoms with E-state index in [1.165, 1.54) is 18.5 Å². The monoisotopic (exact) mass is 386 g/mol. The number of ether oxygens (including phenoxy) is 1. The number of alkyl halides is 3. The van der Waals surface area contributed by atoms with E-state index in [1.807, 2.05) is 0 Å². The number of anilines is 2. The van der Waals surface area contributed by atoms with Gasteiger partial charge in [-0.2, -0.15) is 13.2 Å². The SMILES string of the molecule is O=C(c1cc(Nc2ccc(Cl)c(C(F)(F)F)c2)ncn1)N1CCOCC1. The third kappa shape index (κ3) is 4.23. The normalized spacial score (nSPS) is 15.0. The smallest absolute Gasteiger partial charge is 0.378 e. The van der Waals surface area contributed by atoms with Crippen LogP contribution < -0.4 is 5.32 Å². The van der Waals surface area contributed by atoms with E-state index in [2.05, 4.69) is 15.3 Å². The Bertz CT molecular complexity index is 810. The van der Waals surface area contributed by atoms with Gasteiger partial charge in [0.05, 0.1) is 23.8 Å². The highest BCUT2D eigenvalue weighted by Crippen LogP contribution is 2.36. The number of hydrogen-bond donors (Lipinski definition) is 1. The Kier molecular flexibility index (Phi) is 5.28. The minimum absolute atomic E-state index is 0.144. The van der Waals surface area contributed by atoms with Crippen LogP contribution in [-0.2, 0) is 10.9 Å². The third-order valence-electron chi connectivity index (χ3n) is 3.73. The fraction of sp³-hybridized carbons (Fsp3) is 0.312. The van der Waals surface area contributed by atoms with Gasteiger partial charge in [0.25, 0.3) is 5.91 Å². The minimum Gasteiger partial charge on any atom is -0.378 e. The fourth-order valence-electron chi connectivity index (χ4n) is 2.44. The Morgan fingerprint density at radius 3 is 2.62 bits per heavy atom. The fourth-order valence-corrected chi connectivity index (χ4v) is 2.66. The number of rotatable bonds is 3. The Labute approximate surface area is 151 Å². The molecule has 6 nitrogen and oxygen atoms in total. The van der Waals surface area contributed by atoms with Crippen LogP contribution in [0.2, 0.25) is 5.02 Å².